The highest BCUT2D eigenvalue weighted by Crippen LogP contribution is 2.34. The van der Waals surface area contributed by atoms with Crippen molar-refractivity contribution in [2.24, 2.45) is 5.92 Å². The molecular weight excluding hydrogens is 358 g/mol. The van der Waals surface area contributed by atoms with E-state index in [1.807, 2.05) is 24.5 Å². The molecule has 2 aromatic rings. The Labute approximate surface area is 175 Å². The van der Waals surface area contributed by atoms with Gasteiger partial charge in [0.25, 0.3) is 0 Å². The van der Waals surface area contributed by atoms with Crippen LogP contribution in [-0.2, 0) is 6.42 Å². The summed E-state index contributed by atoms with van der Waals surface area (Å²) in [6.07, 6.45) is 16.3. The summed E-state index contributed by atoms with van der Waals surface area (Å²) in [5.74, 6) is 2.94. The highest BCUT2D eigenvalue weighted by atomic mass is 16.5. The molecule has 4 heteroatoms. The van der Waals surface area contributed by atoms with E-state index in [1.54, 1.807) is 12.1 Å². The van der Waals surface area contributed by atoms with E-state index >= 15 is 0 Å². The van der Waals surface area contributed by atoms with Crippen LogP contribution < -0.4 is 4.74 Å². The van der Waals surface area contributed by atoms with Crippen molar-refractivity contribution >= 4 is 0 Å². The van der Waals surface area contributed by atoms with Crippen molar-refractivity contribution in [3.8, 4) is 11.8 Å². The quantitative estimate of drug-likeness (QED) is 0.451. The SMILES string of the molecule is CCCCCCCc1cnc([C@H]2CC[C@H](COc3ccc(C#N)cc3)CC2)nc1. The lowest BCUT2D eigenvalue weighted by Crippen LogP contribution is -2.20. The maximum Gasteiger partial charge on any atom is 0.131 e. The summed E-state index contributed by atoms with van der Waals surface area (Å²) in [6, 6.07) is 9.50. The molecule has 0 radical (unpaired) electrons. The standard InChI is InChI=1S/C25H33N3O/c1-2-3-4-5-6-7-22-17-27-25(28-18-22)23-12-8-21(9-13-23)19-29-24-14-10-20(16-26)11-15-24/h10-11,14-15,17-18,21,23H,2-9,12-13,19H2,1H3/t21-,23-. The molecule has 0 N–H and O–H groups in total. The third-order valence-corrected chi connectivity index (χ3v) is 5.98. The number of benzene rings is 1. The number of ether oxygens (including phenoxy) is 1. The molecule has 1 aromatic carbocycles. The Hall–Kier alpha value is -2.41. The van der Waals surface area contributed by atoms with Crippen LogP contribution in [0.3, 0.4) is 0 Å². The second-order valence-corrected chi connectivity index (χ2v) is 8.28. The number of rotatable bonds is 10. The molecule has 0 spiro atoms. The molecule has 0 bridgehead atoms. The first-order chi connectivity index (χ1) is 14.3. The van der Waals surface area contributed by atoms with E-state index < -0.39 is 0 Å². The molecule has 1 aliphatic carbocycles. The van der Waals surface area contributed by atoms with E-state index in [0.29, 0.717) is 17.4 Å². The average molecular weight is 392 g/mol. The van der Waals surface area contributed by atoms with Crippen molar-refractivity contribution in [3.05, 3.63) is 53.6 Å². The Bertz CT molecular complexity index is 756. The topological polar surface area (TPSA) is 58.8 Å². The predicted octanol–water partition coefficient (Wildman–Crippen LogP) is 6.21. The van der Waals surface area contributed by atoms with Gasteiger partial charge in [-0.25, -0.2) is 9.97 Å². The second kappa shape index (κ2) is 11.6. The first kappa shape index (κ1) is 21.3. The van der Waals surface area contributed by atoms with Gasteiger partial charge in [-0.3, -0.25) is 0 Å². The normalized spacial score (nSPS) is 18.9. The minimum atomic E-state index is 0.486. The van der Waals surface area contributed by atoms with Gasteiger partial charge in [0.05, 0.1) is 18.2 Å². The predicted molar refractivity (Wildman–Crippen MR) is 116 cm³/mol. The number of unbranched alkanes of at least 4 members (excludes halogenated alkanes) is 4. The first-order valence-electron chi connectivity index (χ1n) is 11.2. The largest absolute Gasteiger partial charge is 0.493 e. The number of aromatic nitrogens is 2. The van der Waals surface area contributed by atoms with E-state index in [9.17, 15) is 0 Å². The van der Waals surface area contributed by atoms with Crippen LogP contribution in [0.25, 0.3) is 0 Å². The zero-order valence-corrected chi connectivity index (χ0v) is 17.6. The van der Waals surface area contributed by atoms with Crippen LogP contribution in [0.5, 0.6) is 5.75 Å². The van der Waals surface area contributed by atoms with E-state index in [0.717, 1.165) is 50.3 Å². The molecular formula is C25H33N3O. The number of nitriles is 1. The molecule has 4 nitrogen and oxygen atoms in total. The molecule has 0 aliphatic heterocycles. The maximum absolute atomic E-state index is 8.86. The Morgan fingerprint density at radius 1 is 0.966 bits per heavy atom. The Balaban J connectivity index is 1.38. The van der Waals surface area contributed by atoms with Gasteiger partial charge in [0.2, 0.25) is 0 Å². The molecule has 1 aliphatic rings. The summed E-state index contributed by atoms with van der Waals surface area (Å²) in [5, 5.41) is 8.86. The Morgan fingerprint density at radius 2 is 1.66 bits per heavy atom. The molecule has 1 aromatic heterocycles. The second-order valence-electron chi connectivity index (χ2n) is 8.28. The number of nitrogens with zero attached hydrogens (tertiary/aromatic N) is 3. The van der Waals surface area contributed by atoms with Gasteiger partial charge in [-0.15, -0.1) is 0 Å². The molecule has 0 unspecified atom stereocenters. The molecule has 0 amide bonds. The van der Waals surface area contributed by atoms with Gasteiger partial charge < -0.3 is 4.74 Å². The van der Waals surface area contributed by atoms with Gasteiger partial charge in [0.15, 0.2) is 0 Å². The fraction of sp³-hybridized carbons (Fsp3) is 0.560. The molecule has 29 heavy (non-hydrogen) atoms. The molecule has 0 saturated heterocycles. The van der Waals surface area contributed by atoms with Crippen LogP contribution in [-0.4, -0.2) is 16.6 Å². The zero-order chi connectivity index (χ0) is 20.3. The number of hydrogen-bond donors (Lipinski definition) is 0. The lowest BCUT2D eigenvalue weighted by molar-refractivity contribution is 0.198. The fourth-order valence-electron chi connectivity index (χ4n) is 4.06. The van der Waals surface area contributed by atoms with E-state index in [-0.39, 0.29) is 0 Å². The smallest absolute Gasteiger partial charge is 0.131 e. The third-order valence-electron chi connectivity index (χ3n) is 5.98. The summed E-state index contributed by atoms with van der Waals surface area (Å²) in [4.78, 5) is 9.37. The summed E-state index contributed by atoms with van der Waals surface area (Å²) < 4.78 is 5.92. The van der Waals surface area contributed by atoms with Gasteiger partial charge in [-0.2, -0.15) is 5.26 Å². The summed E-state index contributed by atoms with van der Waals surface area (Å²) in [5.41, 5.74) is 1.94. The zero-order valence-electron chi connectivity index (χ0n) is 17.6. The van der Waals surface area contributed by atoms with Crippen LogP contribution in [0.15, 0.2) is 36.7 Å². The monoisotopic (exact) mass is 391 g/mol. The number of hydrogen-bond acceptors (Lipinski definition) is 4. The number of aryl methyl sites for hydroxylation is 1. The van der Waals surface area contributed by atoms with E-state index in [4.69, 9.17) is 10.00 Å². The molecule has 1 fully saturated rings. The van der Waals surface area contributed by atoms with Gasteiger partial charge in [0, 0.05) is 18.3 Å². The van der Waals surface area contributed by atoms with Gasteiger partial charge in [-0.1, -0.05) is 32.6 Å². The third kappa shape index (κ3) is 6.85. The van der Waals surface area contributed by atoms with Crippen LogP contribution in [0.2, 0.25) is 0 Å². The fourth-order valence-corrected chi connectivity index (χ4v) is 4.06. The molecule has 154 valence electrons. The lowest BCUT2D eigenvalue weighted by Gasteiger charge is -2.27. The summed E-state index contributed by atoms with van der Waals surface area (Å²) in [7, 11) is 0. The van der Waals surface area contributed by atoms with Gasteiger partial charge in [0.1, 0.15) is 11.6 Å². The van der Waals surface area contributed by atoms with Crippen molar-refractivity contribution in [2.75, 3.05) is 6.61 Å². The van der Waals surface area contributed by atoms with Crippen LogP contribution in [0.4, 0.5) is 0 Å². The van der Waals surface area contributed by atoms with Crippen LogP contribution in [0.1, 0.15) is 87.6 Å². The minimum Gasteiger partial charge on any atom is -0.493 e. The summed E-state index contributed by atoms with van der Waals surface area (Å²) in [6.45, 7) is 3.00. The molecule has 1 heterocycles. The molecule has 1 saturated carbocycles. The average Bonchev–Trinajstić information content (AvgIpc) is 2.79. The summed E-state index contributed by atoms with van der Waals surface area (Å²) >= 11 is 0. The van der Waals surface area contributed by atoms with Crippen molar-refractivity contribution in [1.29, 1.82) is 5.26 Å². The minimum absolute atomic E-state index is 0.486. The highest BCUT2D eigenvalue weighted by Gasteiger charge is 2.24. The highest BCUT2D eigenvalue weighted by molar-refractivity contribution is 5.34. The molecule has 0 atom stereocenters. The first-order valence-corrected chi connectivity index (χ1v) is 11.2. The Kier molecular flexibility index (Phi) is 8.49. The van der Waals surface area contributed by atoms with Gasteiger partial charge >= 0.3 is 0 Å². The lowest BCUT2D eigenvalue weighted by atomic mass is 9.82. The van der Waals surface area contributed by atoms with Crippen molar-refractivity contribution in [2.45, 2.75) is 77.0 Å². The van der Waals surface area contributed by atoms with Crippen molar-refractivity contribution in [1.82, 2.24) is 9.97 Å². The van der Waals surface area contributed by atoms with Gasteiger partial charge in [-0.05, 0) is 74.3 Å². The Morgan fingerprint density at radius 3 is 2.31 bits per heavy atom. The van der Waals surface area contributed by atoms with E-state index in [1.165, 1.54) is 37.7 Å². The van der Waals surface area contributed by atoms with Crippen LogP contribution >= 0.6 is 0 Å². The van der Waals surface area contributed by atoms with Crippen molar-refractivity contribution in [3.63, 3.8) is 0 Å². The molecule has 3 rings (SSSR count). The van der Waals surface area contributed by atoms with E-state index in [2.05, 4.69) is 23.0 Å². The maximum atomic E-state index is 8.86. The van der Waals surface area contributed by atoms with Crippen LogP contribution in [0, 0.1) is 17.2 Å². The van der Waals surface area contributed by atoms with Crippen molar-refractivity contribution < 1.29 is 4.74 Å².